The van der Waals surface area contributed by atoms with Crippen molar-refractivity contribution < 1.29 is 31.3 Å². The van der Waals surface area contributed by atoms with Crippen molar-refractivity contribution in [1.82, 2.24) is 9.46 Å². The van der Waals surface area contributed by atoms with Gasteiger partial charge in [-0.1, -0.05) is 5.16 Å². The number of piperidine rings is 1. The average molecular weight is 546 g/mol. The molecule has 1 aliphatic heterocycles. The predicted molar refractivity (Wildman–Crippen MR) is 139 cm³/mol. The summed E-state index contributed by atoms with van der Waals surface area (Å²) in [6, 6.07) is 10.3. The number of anilines is 1. The highest BCUT2D eigenvalue weighted by Gasteiger charge is 2.36. The number of ether oxygens (including phenoxy) is 1. The summed E-state index contributed by atoms with van der Waals surface area (Å²) < 4.78 is 66.1. The summed E-state index contributed by atoms with van der Waals surface area (Å²) in [6.07, 6.45) is 3.31. The molecule has 0 bridgehead atoms. The Kier molecular flexibility index (Phi) is 8.27. The van der Waals surface area contributed by atoms with E-state index in [1.54, 1.807) is 24.1 Å². The van der Waals surface area contributed by atoms with Crippen molar-refractivity contribution in [3.63, 3.8) is 0 Å². The van der Waals surface area contributed by atoms with Crippen LogP contribution in [0.25, 0.3) is 12.2 Å². The van der Waals surface area contributed by atoms with E-state index in [0.717, 1.165) is 23.6 Å². The molecule has 11 heteroatoms. The normalized spacial score (nSPS) is 15.2. The van der Waals surface area contributed by atoms with Crippen molar-refractivity contribution in [2.45, 2.75) is 31.6 Å². The van der Waals surface area contributed by atoms with Gasteiger partial charge in [0.25, 0.3) is 0 Å². The fourth-order valence-corrected chi connectivity index (χ4v) is 6.13. The van der Waals surface area contributed by atoms with Gasteiger partial charge < -0.3 is 14.2 Å². The number of aromatic nitrogens is 1. The molecule has 0 spiro atoms. The Morgan fingerprint density at radius 2 is 1.84 bits per heavy atom. The third-order valence-corrected chi connectivity index (χ3v) is 8.53. The lowest BCUT2D eigenvalue weighted by atomic mass is 9.96. The van der Waals surface area contributed by atoms with Crippen LogP contribution >= 0.6 is 0 Å². The van der Waals surface area contributed by atoms with Crippen LogP contribution in [0.15, 0.2) is 51.9 Å². The molecule has 0 unspecified atom stereocenters. The summed E-state index contributed by atoms with van der Waals surface area (Å²) in [5.74, 6) is -1.26. The van der Waals surface area contributed by atoms with Crippen LogP contribution in [0.4, 0.5) is 14.5 Å². The molecule has 0 radical (unpaired) electrons. The number of rotatable bonds is 8. The summed E-state index contributed by atoms with van der Waals surface area (Å²) >= 11 is 0. The monoisotopic (exact) mass is 545 g/mol. The second-order valence-corrected chi connectivity index (χ2v) is 10.8. The zero-order chi connectivity index (χ0) is 27.4. The Labute approximate surface area is 220 Å². The number of halogens is 2. The molecule has 8 nitrogen and oxygen atoms in total. The van der Waals surface area contributed by atoms with E-state index in [1.807, 2.05) is 19.1 Å². The first kappa shape index (κ1) is 27.5. The molecule has 1 aromatic heterocycles. The molecule has 2 aromatic carbocycles. The fourth-order valence-electron chi connectivity index (χ4n) is 4.41. The molecular weight excluding hydrogens is 516 g/mol. The lowest BCUT2D eigenvalue weighted by Gasteiger charge is -2.32. The highest BCUT2D eigenvalue weighted by molar-refractivity contribution is 7.89. The number of carbonyl (C=O) groups excluding carboxylic acids is 1. The second kappa shape index (κ2) is 11.4. The SMILES string of the molecule is CCOc1ccc(N(C)C(=O)C2CCN(S(=O)(=O)c3c(C)noc3C=Cc3ccc(F)cc3F)CC2)cc1. The van der Waals surface area contributed by atoms with Gasteiger partial charge in [-0.15, -0.1) is 0 Å². The molecule has 0 aliphatic carbocycles. The molecule has 202 valence electrons. The molecule has 0 N–H and O–H groups in total. The summed E-state index contributed by atoms with van der Waals surface area (Å²) in [4.78, 5) is 14.6. The van der Waals surface area contributed by atoms with E-state index in [4.69, 9.17) is 9.26 Å². The predicted octanol–water partition coefficient (Wildman–Crippen LogP) is 4.89. The number of nitrogens with zero attached hydrogens (tertiary/aromatic N) is 3. The van der Waals surface area contributed by atoms with Gasteiger partial charge in [0, 0.05) is 43.4 Å². The number of hydrogen-bond donors (Lipinski definition) is 0. The lowest BCUT2D eigenvalue weighted by molar-refractivity contribution is -0.123. The van der Waals surface area contributed by atoms with Crippen molar-refractivity contribution in [2.75, 3.05) is 31.6 Å². The van der Waals surface area contributed by atoms with E-state index in [-0.39, 0.29) is 46.8 Å². The van der Waals surface area contributed by atoms with Crippen LogP contribution < -0.4 is 9.64 Å². The summed E-state index contributed by atoms with van der Waals surface area (Å²) in [5.41, 5.74) is 0.958. The fraction of sp³-hybridized carbons (Fsp3) is 0.333. The topological polar surface area (TPSA) is 93.0 Å². The second-order valence-electron chi connectivity index (χ2n) is 8.96. The van der Waals surface area contributed by atoms with Crippen LogP contribution in [0.3, 0.4) is 0 Å². The minimum atomic E-state index is -4.00. The standard InChI is InChI=1S/C27H29F2N3O5S/c1-4-36-23-10-8-22(9-11-23)31(3)27(33)20-13-15-32(16-14-20)38(34,35)26-18(2)30-37-25(26)12-6-19-5-7-21(28)17-24(19)29/h5-12,17,20H,4,13-16H2,1-3H3. The molecule has 1 aliphatic rings. The van der Waals surface area contributed by atoms with Gasteiger partial charge in [-0.25, -0.2) is 17.2 Å². The van der Waals surface area contributed by atoms with Gasteiger partial charge in [0.15, 0.2) is 10.7 Å². The Morgan fingerprint density at radius 1 is 1.16 bits per heavy atom. The molecule has 38 heavy (non-hydrogen) atoms. The number of benzene rings is 2. The number of amides is 1. The number of hydrogen-bond acceptors (Lipinski definition) is 6. The van der Waals surface area contributed by atoms with Gasteiger partial charge in [0.2, 0.25) is 15.9 Å². The van der Waals surface area contributed by atoms with E-state index in [0.29, 0.717) is 19.4 Å². The first-order valence-corrected chi connectivity index (χ1v) is 13.7. The molecule has 2 heterocycles. The average Bonchev–Trinajstić information content (AvgIpc) is 3.29. The Morgan fingerprint density at radius 3 is 2.47 bits per heavy atom. The van der Waals surface area contributed by atoms with Crippen molar-refractivity contribution >= 4 is 33.8 Å². The van der Waals surface area contributed by atoms with E-state index in [9.17, 15) is 22.0 Å². The number of carbonyl (C=O) groups is 1. The van der Waals surface area contributed by atoms with Gasteiger partial charge >= 0.3 is 0 Å². The van der Waals surface area contributed by atoms with E-state index < -0.39 is 21.7 Å². The van der Waals surface area contributed by atoms with E-state index in [1.165, 1.54) is 29.4 Å². The smallest absolute Gasteiger partial charge is 0.248 e. The maximum Gasteiger partial charge on any atom is 0.248 e. The van der Waals surface area contributed by atoms with Gasteiger partial charge in [-0.05, 0) is 75.2 Å². The minimum absolute atomic E-state index is 0.0559. The zero-order valence-electron chi connectivity index (χ0n) is 21.4. The van der Waals surface area contributed by atoms with Crippen LogP contribution in [0.1, 0.15) is 36.8 Å². The maximum atomic E-state index is 14.0. The quantitative estimate of drug-likeness (QED) is 0.400. The molecule has 1 amide bonds. The van der Waals surface area contributed by atoms with Crippen molar-refractivity contribution in [3.8, 4) is 5.75 Å². The van der Waals surface area contributed by atoms with E-state index >= 15 is 0 Å². The molecule has 1 saturated heterocycles. The van der Waals surface area contributed by atoms with Crippen LogP contribution in [-0.2, 0) is 14.8 Å². The van der Waals surface area contributed by atoms with Crippen LogP contribution in [0, 0.1) is 24.5 Å². The van der Waals surface area contributed by atoms with Gasteiger partial charge in [-0.2, -0.15) is 4.31 Å². The van der Waals surface area contributed by atoms with Crippen LogP contribution in [0.5, 0.6) is 5.75 Å². The molecule has 4 rings (SSSR count). The van der Waals surface area contributed by atoms with Gasteiger partial charge in [-0.3, -0.25) is 4.79 Å². The van der Waals surface area contributed by atoms with Crippen molar-refractivity contribution in [1.29, 1.82) is 0 Å². The largest absolute Gasteiger partial charge is 0.494 e. The third kappa shape index (κ3) is 5.78. The Bertz CT molecular complexity index is 1430. The molecule has 1 fully saturated rings. The van der Waals surface area contributed by atoms with Crippen LogP contribution in [0.2, 0.25) is 0 Å². The Balaban J connectivity index is 1.45. The molecule has 3 aromatic rings. The van der Waals surface area contributed by atoms with Crippen LogP contribution in [-0.4, -0.2) is 50.5 Å². The molecular formula is C27H29F2N3O5S. The molecule has 0 saturated carbocycles. The van der Waals surface area contributed by atoms with Crippen molar-refractivity contribution in [3.05, 3.63) is 71.1 Å². The van der Waals surface area contributed by atoms with Crippen molar-refractivity contribution in [2.24, 2.45) is 5.92 Å². The zero-order valence-corrected chi connectivity index (χ0v) is 22.2. The van der Waals surface area contributed by atoms with E-state index in [2.05, 4.69) is 5.16 Å². The Hall–Kier alpha value is -3.57. The first-order chi connectivity index (χ1) is 18.1. The lowest BCUT2D eigenvalue weighted by Crippen LogP contribution is -2.43. The minimum Gasteiger partial charge on any atom is -0.494 e. The highest BCUT2D eigenvalue weighted by Crippen LogP contribution is 2.31. The van der Waals surface area contributed by atoms with Gasteiger partial charge in [0.05, 0.1) is 6.61 Å². The summed E-state index contributed by atoms with van der Waals surface area (Å²) in [7, 11) is -2.30. The number of sulfonamides is 1. The summed E-state index contributed by atoms with van der Waals surface area (Å²) in [5, 5.41) is 3.79. The third-order valence-electron chi connectivity index (χ3n) is 6.48. The summed E-state index contributed by atoms with van der Waals surface area (Å²) in [6.45, 7) is 4.25. The first-order valence-electron chi connectivity index (χ1n) is 12.2. The van der Waals surface area contributed by atoms with Gasteiger partial charge in [0.1, 0.15) is 23.1 Å². The maximum absolute atomic E-state index is 14.0. The number of aryl methyl sites for hydroxylation is 1. The highest BCUT2D eigenvalue weighted by atomic mass is 32.2. The molecule has 0 atom stereocenters.